The number of hydrogen-bond acceptors (Lipinski definition) is 1. The molecular formula is C8H9Cl3N2OZn. The molecule has 0 aromatic rings. The van der Waals surface area contributed by atoms with Crippen molar-refractivity contribution in [1.29, 1.82) is 0 Å². The van der Waals surface area contributed by atoms with Crippen LogP contribution in [0.1, 0.15) is 20.3 Å². The summed E-state index contributed by atoms with van der Waals surface area (Å²) in [4.78, 5) is 3.05. The van der Waals surface area contributed by atoms with Crippen LogP contribution in [0.25, 0.3) is 5.53 Å². The third-order valence-electron chi connectivity index (χ3n) is 1.90. The molecule has 0 aromatic carbocycles. The average molecular weight is 321 g/mol. The second kappa shape index (κ2) is 8.32. The maximum absolute atomic E-state index is 9.43. The van der Waals surface area contributed by atoms with Crippen molar-refractivity contribution in [3.63, 3.8) is 0 Å². The number of aliphatic hydroxyl groups is 1. The molecule has 0 spiro atoms. The number of allylic oxidation sites excluding steroid dienone is 3. The summed E-state index contributed by atoms with van der Waals surface area (Å²) in [5.74, 6) is 0.201. The summed E-state index contributed by atoms with van der Waals surface area (Å²) in [5.41, 5.74) is 10.3. The Morgan fingerprint density at radius 2 is 1.80 bits per heavy atom. The van der Waals surface area contributed by atoms with Gasteiger partial charge in [-0.2, -0.15) is 4.79 Å². The third kappa shape index (κ3) is 4.26. The molecule has 15 heavy (non-hydrogen) atoms. The molecule has 0 heterocycles. The number of rotatable bonds is 0. The normalized spacial score (nSPS) is 14.7. The second-order valence-electron chi connectivity index (χ2n) is 2.79. The molecular weight excluding hydrogens is 312 g/mol. The van der Waals surface area contributed by atoms with Crippen LogP contribution in [-0.4, -0.2) is 15.6 Å². The van der Waals surface area contributed by atoms with Crippen molar-refractivity contribution in [1.82, 2.24) is 0 Å². The van der Waals surface area contributed by atoms with Crippen LogP contribution in [-0.2, 0) is 19.5 Å². The summed E-state index contributed by atoms with van der Waals surface area (Å²) in [6.07, 6.45) is 0.401. The van der Waals surface area contributed by atoms with Gasteiger partial charge in [-0.15, -0.1) is 0 Å². The maximum atomic E-state index is 9.43. The quantitative estimate of drug-likeness (QED) is 0.280. The van der Waals surface area contributed by atoms with Crippen LogP contribution in [0.2, 0.25) is 0 Å². The first kappa shape index (κ1) is 20.6. The summed E-state index contributed by atoms with van der Waals surface area (Å²) in [5, 5.41) is 9.76. The molecule has 0 saturated heterocycles. The third-order valence-corrected chi connectivity index (χ3v) is 2.40. The summed E-state index contributed by atoms with van der Waals surface area (Å²) >= 11 is 5.79. The fourth-order valence-electron chi connectivity index (χ4n) is 1.13. The molecule has 0 fully saturated rings. The van der Waals surface area contributed by atoms with Crippen molar-refractivity contribution in [2.75, 3.05) is 0 Å². The molecule has 3 nitrogen and oxygen atoms in total. The van der Waals surface area contributed by atoms with E-state index in [1.165, 1.54) is 0 Å². The van der Waals surface area contributed by atoms with Gasteiger partial charge in [0.05, 0.1) is 6.42 Å². The smallest absolute Gasteiger partial charge is 1.00 e. The van der Waals surface area contributed by atoms with E-state index in [9.17, 15) is 5.11 Å². The van der Waals surface area contributed by atoms with Crippen LogP contribution in [0.15, 0.2) is 21.9 Å². The summed E-state index contributed by atoms with van der Waals surface area (Å²) < 4.78 is 0. The van der Waals surface area contributed by atoms with Gasteiger partial charge in [0.25, 0.3) is 0 Å². The van der Waals surface area contributed by atoms with Crippen LogP contribution in [0.3, 0.4) is 0 Å². The predicted molar refractivity (Wildman–Crippen MR) is 47.1 cm³/mol. The van der Waals surface area contributed by atoms with Gasteiger partial charge in [0.15, 0.2) is 0 Å². The standard InChI is InChI=1S/C8H9ClN2O.2ClH.Zn/c1-4-3-6(11-10)7(9)5(2)8(4)12;;;/h12H,3H2,1-2H3;2*1H;/q;;;+2/p-2. The van der Waals surface area contributed by atoms with E-state index in [0.29, 0.717) is 22.7 Å². The van der Waals surface area contributed by atoms with Gasteiger partial charge in [0.1, 0.15) is 10.8 Å². The molecule has 1 N–H and O–H groups in total. The molecule has 0 amide bonds. The summed E-state index contributed by atoms with van der Waals surface area (Å²) in [6.45, 7) is 3.46. The number of aliphatic hydroxyl groups excluding tert-OH is 1. The molecule has 1 aliphatic carbocycles. The van der Waals surface area contributed by atoms with Crippen molar-refractivity contribution >= 4 is 17.3 Å². The first-order chi connectivity index (χ1) is 5.57. The first-order valence-electron chi connectivity index (χ1n) is 3.54. The zero-order chi connectivity index (χ0) is 9.30. The Morgan fingerprint density at radius 1 is 1.33 bits per heavy atom. The van der Waals surface area contributed by atoms with E-state index in [1.807, 2.05) is 0 Å². The van der Waals surface area contributed by atoms with Gasteiger partial charge in [-0.25, -0.2) is 0 Å². The van der Waals surface area contributed by atoms with E-state index in [2.05, 4.69) is 4.79 Å². The Bertz CT molecular complexity index is 346. The topological polar surface area (TPSA) is 56.6 Å². The monoisotopic (exact) mass is 318 g/mol. The minimum atomic E-state index is 0. The molecule has 0 aromatic heterocycles. The molecule has 80 valence electrons. The predicted octanol–water partition coefficient (Wildman–Crippen LogP) is -3.59. The van der Waals surface area contributed by atoms with E-state index in [1.54, 1.807) is 13.8 Å². The van der Waals surface area contributed by atoms with E-state index in [-0.39, 0.29) is 50.1 Å². The Labute approximate surface area is 119 Å². The second-order valence-corrected chi connectivity index (χ2v) is 3.17. The minimum Gasteiger partial charge on any atom is -1.00 e. The average Bonchev–Trinajstić information content (AvgIpc) is 2.08. The number of nitrogens with zero attached hydrogens (tertiary/aromatic N) is 2. The molecule has 0 bridgehead atoms. The molecule has 0 radical (unpaired) electrons. The van der Waals surface area contributed by atoms with Gasteiger partial charge in [0.2, 0.25) is 0 Å². The Balaban J connectivity index is -0.000000480. The van der Waals surface area contributed by atoms with Crippen molar-refractivity contribution in [3.05, 3.63) is 27.5 Å². The van der Waals surface area contributed by atoms with Crippen LogP contribution < -0.4 is 24.8 Å². The van der Waals surface area contributed by atoms with Crippen LogP contribution in [0, 0.1) is 0 Å². The molecule has 0 atom stereocenters. The van der Waals surface area contributed by atoms with Crippen LogP contribution >= 0.6 is 11.6 Å². The van der Waals surface area contributed by atoms with Crippen molar-refractivity contribution in [3.8, 4) is 0 Å². The van der Waals surface area contributed by atoms with Crippen LogP contribution in [0.4, 0.5) is 0 Å². The van der Waals surface area contributed by atoms with E-state index >= 15 is 0 Å². The molecule has 7 heteroatoms. The molecule has 0 aliphatic heterocycles. The van der Waals surface area contributed by atoms with Crippen molar-refractivity contribution in [2.45, 2.75) is 20.3 Å². The maximum Gasteiger partial charge on any atom is 2.00 e. The molecule has 1 aliphatic rings. The van der Waals surface area contributed by atoms with Crippen molar-refractivity contribution < 1.29 is 54.2 Å². The SMILES string of the molecule is CC1=C(O)C(C)=C(Cl)C(=[N+]=[N-])C1.[Cl-].[Cl-].[Zn+2]. The summed E-state index contributed by atoms with van der Waals surface area (Å²) in [7, 11) is 0. The molecule has 0 saturated carbocycles. The minimum absolute atomic E-state index is 0. The van der Waals surface area contributed by atoms with Gasteiger partial charge in [0, 0.05) is 5.57 Å². The Hall–Kier alpha value is 0.153. The van der Waals surface area contributed by atoms with Gasteiger partial charge < -0.3 is 35.5 Å². The molecule has 0 unspecified atom stereocenters. The Kier molecular flexibility index (Phi) is 11.4. The largest absolute Gasteiger partial charge is 2.00 e. The fraction of sp³-hybridized carbons (Fsp3) is 0.375. The summed E-state index contributed by atoms with van der Waals surface area (Å²) in [6, 6.07) is 0. The number of halogens is 3. The van der Waals surface area contributed by atoms with Gasteiger partial charge in [-0.1, -0.05) is 11.6 Å². The zero-order valence-corrected chi connectivity index (χ0v) is 13.6. The van der Waals surface area contributed by atoms with Gasteiger partial charge >= 0.3 is 25.2 Å². The molecule has 1 rings (SSSR count). The fourth-order valence-corrected chi connectivity index (χ4v) is 1.33. The van der Waals surface area contributed by atoms with Gasteiger partial charge in [-0.3, -0.25) is 0 Å². The van der Waals surface area contributed by atoms with Crippen LogP contribution in [0.5, 0.6) is 0 Å². The van der Waals surface area contributed by atoms with Crippen molar-refractivity contribution in [2.24, 2.45) is 0 Å². The van der Waals surface area contributed by atoms with E-state index in [0.717, 1.165) is 5.57 Å². The number of hydrogen-bond donors (Lipinski definition) is 1. The van der Waals surface area contributed by atoms with E-state index < -0.39 is 0 Å². The Morgan fingerprint density at radius 3 is 2.20 bits per heavy atom. The first-order valence-corrected chi connectivity index (χ1v) is 3.92. The van der Waals surface area contributed by atoms with Gasteiger partial charge in [-0.05, 0) is 19.4 Å². The zero-order valence-electron chi connectivity index (χ0n) is 8.39. The van der Waals surface area contributed by atoms with E-state index in [4.69, 9.17) is 17.1 Å².